The molecule has 1 atom stereocenters. The Morgan fingerprint density at radius 2 is 1.83 bits per heavy atom. The maximum atomic E-state index is 5.90. The van der Waals surface area contributed by atoms with Crippen molar-refractivity contribution in [1.29, 1.82) is 0 Å². The Hall–Kier alpha value is -0.160. The van der Waals surface area contributed by atoms with Crippen molar-refractivity contribution in [2.75, 3.05) is 33.9 Å². The molecule has 1 heterocycles. The summed E-state index contributed by atoms with van der Waals surface area (Å²) in [6.45, 7) is 5.30. The van der Waals surface area contributed by atoms with Gasteiger partial charge in [0.15, 0.2) is 6.29 Å². The smallest absolute Gasteiger partial charge is 0.158 e. The summed E-state index contributed by atoms with van der Waals surface area (Å²) in [6.07, 6.45) is 6.04. The molecule has 18 heavy (non-hydrogen) atoms. The highest BCUT2D eigenvalue weighted by Crippen LogP contribution is 2.24. The Balaban J connectivity index is 2.37. The molecule has 1 aliphatic rings. The molecule has 0 radical (unpaired) electrons. The third-order valence-electron chi connectivity index (χ3n) is 4.12. The Morgan fingerprint density at radius 1 is 1.22 bits per heavy atom. The highest BCUT2D eigenvalue weighted by atomic mass is 16.7. The van der Waals surface area contributed by atoms with Crippen LogP contribution in [0.1, 0.15) is 39.0 Å². The SMILES string of the molecule is CCCC1CCN(C(CN)CC(OC)OC)CC1. The number of piperidine rings is 1. The summed E-state index contributed by atoms with van der Waals surface area (Å²) in [5.74, 6) is 0.922. The van der Waals surface area contributed by atoms with Crippen LogP contribution in [0.2, 0.25) is 0 Å². The van der Waals surface area contributed by atoms with Gasteiger partial charge in [0.1, 0.15) is 0 Å². The molecule has 0 spiro atoms. The van der Waals surface area contributed by atoms with E-state index in [0.29, 0.717) is 12.6 Å². The highest BCUT2D eigenvalue weighted by Gasteiger charge is 2.25. The van der Waals surface area contributed by atoms with E-state index in [1.54, 1.807) is 14.2 Å². The van der Waals surface area contributed by atoms with Gasteiger partial charge < -0.3 is 15.2 Å². The molecular weight excluding hydrogens is 228 g/mol. The fourth-order valence-electron chi connectivity index (χ4n) is 2.92. The van der Waals surface area contributed by atoms with Crippen LogP contribution in [-0.2, 0) is 9.47 Å². The van der Waals surface area contributed by atoms with E-state index >= 15 is 0 Å². The lowest BCUT2D eigenvalue weighted by atomic mass is 9.91. The minimum atomic E-state index is -0.132. The van der Waals surface area contributed by atoms with E-state index in [0.717, 1.165) is 12.3 Å². The second-order valence-corrected chi connectivity index (χ2v) is 5.29. The summed E-state index contributed by atoms with van der Waals surface area (Å²) in [5, 5.41) is 0. The standard InChI is InChI=1S/C14H30N2O2/c1-4-5-12-6-8-16(9-7-12)13(11-15)10-14(17-2)18-3/h12-14H,4-11,15H2,1-3H3. The molecule has 1 fully saturated rings. The molecule has 0 aromatic rings. The maximum absolute atomic E-state index is 5.90. The third-order valence-corrected chi connectivity index (χ3v) is 4.12. The van der Waals surface area contributed by atoms with Crippen LogP contribution in [0.25, 0.3) is 0 Å². The number of hydrogen-bond acceptors (Lipinski definition) is 4. The van der Waals surface area contributed by atoms with Crippen LogP contribution >= 0.6 is 0 Å². The van der Waals surface area contributed by atoms with Gasteiger partial charge in [-0.1, -0.05) is 19.8 Å². The molecule has 108 valence electrons. The molecule has 0 amide bonds. The average Bonchev–Trinajstić information content (AvgIpc) is 2.42. The summed E-state index contributed by atoms with van der Waals surface area (Å²) < 4.78 is 10.6. The molecule has 2 N–H and O–H groups in total. The molecule has 4 nitrogen and oxygen atoms in total. The van der Waals surface area contributed by atoms with Crippen LogP contribution in [0, 0.1) is 5.92 Å². The lowest BCUT2D eigenvalue weighted by Crippen LogP contribution is -2.47. The van der Waals surface area contributed by atoms with Crippen LogP contribution in [0.3, 0.4) is 0 Å². The van der Waals surface area contributed by atoms with Gasteiger partial charge in [-0.2, -0.15) is 0 Å². The molecule has 1 saturated heterocycles. The number of hydrogen-bond donors (Lipinski definition) is 1. The summed E-state index contributed by atoms with van der Waals surface area (Å²) in [6, 6.07) is 0.387. The minimum Gasteiger partial charge on any atom is -0.356 e. The number of ether oxygens (including phenoxy) is 2. The van der Waals surface area contributed by atoms with Crippen LogP contribution in [0.15, 0.2) is 0 Å². The van der Waals surface area contributed by atoms with E-state index < -0.39 is 0 Å². The largest absolute Gasteiger partial charge is 0.356 e. The first kappa shape index (κ1) is 15.9. The number of methoxy groups -OCH3 is 2. The monoisotopic (exact) mass is 258 g/mol. The Kier molecular flexibility index (Phi) is 7.82. The zero-order chi connectivity index (χ0) is 13.4. The molecule has 0 saturated carbocycles. The fourth-order valence-corrected chi connectivity index (χ4v) is 2.92. The maximum Gasteiger partial charge on any atom is 0.158 e. The Morgan fingerprint density at radius 3 is 2.28 bits per heavy atom. The molecule has 0 aromatic carbocycles. The van der Waals surface area contributed by atoms with E-state index in [1.807, 2.05) is 0 Å². The van der Waals surface area contributed by atoms with Gasteiger partial charge in [0.05, 0.1) is 0 Å². The molecule has 0 bridgehead atoms. The quantitative estimate of drug-likeness (QED) is 0.675. The van der Waals surface area contributed by atoms with Gasteiger partial charge in [-0.3, -0.25) is 4.90 Å². The highest BCUT2D eigenvalue weighted by molar-refractivity contribution is 4.79. The van der Waals surface area contributed by atoms with Crippen molar-refractivity contribution in [2.24, 2.45) is 11.7 Å². The van der Waals surface area contributed by atoms with Crippen molar-refractivity contribution in [3.05, 3.63) is 0 Å². The Bertz CT molecular complexity index is 202. The topological polar surface area (TPSA) is 47.7 Å². The van der Waals surface area contributed by atoms with Gasteiger partial charge in [0, 0.05) is 33.2 Å². The summed E-state index contributed by atoms with van der Waals surface area (Å²) >= 11 is 0. The molecule has 0 aromatic heterocycles. The van der Waals surface area contributed by atoms with E-state index in [9.17, 15) is 0 Å². The van der Waals surface area contributed by atoms with E-state index in [-0.39, 0.29) is 6.29 Å². The van der Waals surface area contributed by atoms with Crippen molar-refractivity contribution in [3.8, 4) is 0 Å². The lowest BCUT2D eigenvalue weighted by Gasteiger charge is -2.38. The van der Waals surface area contributed by atoms with Crippen molar-refractivity contribution >= 4 is 0 Å². The van der Waals surface area contributed by atoms with Gasteiger partial charge >= 0.3 is 0 Å². The minimum absolute atomic E-state index is 0.132. The van der Waals surface area contributed by atoms with Crippen LogP contribution in [-0.4, -0.2) is 51.1 Å². The Labute approximate surface area is 112 Å². The lowest BCUT2D eigenvalue weighted by molar-refractivity contribution is -0.117. The van der Waals surface area contributed by atoms with Crippen molar-refractivity contribution in [2.45, 2.75) is 51.4 Å². The molecule has 1 aliphatic heterocycles. The summed E-state index contributed by atoms with van der Waals surface area (Å²) in [7, 11) is 3.38. The average molecular weight is 258 g/mol. The van der Waals surface area contributed by atoms with Gasteiger partial charge in [-0.15, -0.1) is 0 Å². The van der Waals surface area contributed by atoms with Crippen molar-refractivity contribution in [3.63, 3.8) is 0 Å². The number of nitrogens with zero attached hydrogens (tertiary/aromatic N) is 1. The first-order chi connectivity index (χ1) is 8.74. The van der Waals surface area contributed by atoms with Crippen LogP contribution in [0.5, 0.6) is 0 Å². The van der Waals surface area contributed by atoms with Gasteiger partial charge in [-0.05, 0) is 31.8 Å². The zero-order valence-corrected chi connectivity index (χ0v) is 12.2. The molecule has 4 heteroatoms. The van der Waals surface area contributed by atoms with Crippen LogP contribution < -0.4 is 5.73 Å². The molecule has 0 aliphatic carbocycles. The van der Waals surface area contributed by atoms with E-state index in [4.69, 9.17) is 15.2 Å². The summed E-state index contributed by atoms with van der Waals surface area (Å²) in [5.41, 5.74) is 5.90. The molecule has 1 unspecified atom stereocenters. The van der Waals surface area contributed by atoms with Gasteiger partial charge in [0.2, 0.25) is 0 Å². The fraction of sp³-hybridized carbons (Fsp3) is 1.00. The van der Waals surface area contributed by atoms with Gasteiger partial charge in [0.25, 0.3) is 0 Å². The van der Waals surface area contributed by atoms with Crippen molar-refractivity contribution < 1.29 is 9.47 Å². The second-order valence-electron chi connectivity index (χ2n) is 5.29. The van der Waals surface area contributed by atoms with E-state index in [2.05, 4.69) is 11.8 Å². The first-order valence-corrected chi connectivity index (χ1v) is 7.24. The van der Waals surface area contributed by atoms with Crippen molar-refractivity contribution in [1.82, 2.24) is 4.90 Å². The predicted molar refractivity (Wildman–Crippen MR) is 74.5 cm³/mol. The molecule has 1 rings (SSSR count). The van der Waals surface area contributed by atoms with Gasteiger partial charge in [-0.25, -0.2) is 0 Å². The summed E-state index contributed by atoms with van der Waals surface area (Å²) in [4.78, 5) is 2.51. The molecular formula is C14H30N2O2. The van der Waals surface area contributed by atoms with Crippen LogP contribution in [0.4, 0.5) is 0 Å². The first-order valence-electron chi connectivity index (χ1n) is 7.24. The normalized spacial score (nSPS) is 20.5. The second kappa shape index (κ2) is 8.86. The predicted octanol–water partition coefficient (Wildman–Crippen LogP) is 1.83. The number of likely N-dealkylation sites (tertiary alicyclic amines) is 1. The third kappa shape index (κ3) is 4.84. The van der Waals surface area contributed by atoms with E-state index in [1.165, 1.54) is 38.8 Å². The number of nitrogens with two attached hydrogens (primary N) is 1. The zero-order valence-electron chi connectivity index (χ0n) is 12.2. The number of rotatable bonds is 8.